The number of hydrogen-bond acceptors (Lipinski definition) is 1. The third-order valence-electron chi connectivity index (χ3n) is 4.50. The first-order valence-corrected chi connectivity index (χ1v) is 10.2. The summed E-state index contributed by atoms with van der Waals surface area (Å²) in [6.45, 7) is 14.3. The normalized spacial score (nSPS) is 42.4. The van der Waals surface area contributed by atoms with Crippen LogP contribution in [0.4, 0.5) is 0 Å². The molecule has 0 aromatic carbocycles. The van der Waals surface area contributed by atoms with Crippen LogP contribution in [0.3, 0.4) is 0 Å². The van der Waals surface area contributed by atoms with Crippen molar-refractivity contribution >= 4 is 8.32 Å². The van der Waals surface area contributed by atoms with Crippen LogP contribution in [0.2, 0.25) is 19.6 Å². The molecular formula is C14H28OSi. The lowest BCUT2D eigenvalue weighted by atomic mass is 9.82. The molecule has 2 heteroatoms. The minimum atomic E-state index is -1.41. The Morgan fingerprint density at radius 3 is 2.12 bits per heavy atom. The lowest BCUT2D eigenvalue weighted by molar-refractivity contribution is 0.0809. The van der Waals surface area contributed by atoms with Gasteiger partial charge in [0, 0.05) is 0 Å². The Morgan fingerprint density at radius 2 is 1.56 bits per heavy atom. The van der Waals surface area contributed by atoms with Crippen LogP contribution in [-0.2, 0) is 4.43 Å². The molecule has 0 aromatic rings. The molecule has 2 rings (SSSR count). The molecule has 2 atom stereocenters. The molecular weight excluding hydrogens is 212 g/mol. The average molecular weight is 240 g/mol. The smallest absolute Gasteiger partial charge is 0.184 e. The van der Waals surface area contributed by atoms with Crippen molar-refractivity contribution in [3.63, 3.8) is 0 Å². The monoisotopic (exact) mass is 240 g/mol. The number of fused-ring (bicyclic) bond motifs is 1. The van der Waals surface area contributed by atoms with Gasteiger partial charge in [-0.1, -0.05) is 27.2 Å². The van der Waals surface area contributed by atoms with Crippen LogP contribution in [-0.4, -0.2) is 13.9 Å². The van der Waals surface area contributed by atoms with E-state index in [4.69, 9.17) is 4.43 Å². The summed E-state index contributed by atoms with van der Waals surface area (Å²) in [5.74, 6) is 0. The number of rotatable bonds is 2. The van der Waals surface area contributed by atoms with E-state index in [1.165, 1.54) is 32.1 Å². The van der Waals surface area contributed by atoms with Crippen molar-refractivity contribution in [3.05, 3.63) is 0 Å². The molecule has 16 heavy (non-hydrogen) atoms. The Morgan fingerprint density at radius 1 is 0.938 bits per heavy atom. The molecule has 0 radical (unpaired) electrons. The minimum absolute atomic E-state index is 0.247. The maximum Gasteiger partial charge on any atom is 0.184 e. The standard InChI is InChI=1S/C14H28OSi/c1-12(2)8-7-9-13(3)11-14(13,10-12)15-16(4,5)6/h7-11H2,1-6H3/t13-,14+/m1/s1. The van der Waals surface area contributed by atoms with Gasteiger partial charge in [0.25, 0.3) is 0 Å². The molecule has 0 amide bonds. The SMILES string of the molecule is CC1(C)CCC[C@]2(C)C[C@@]2(O[Si](C)(C)C)C1. The molecule has 0 N–H and O–H groups in total. The van der Waals surface area contributed by atoms with Crippen molar-refractivity contribution in [2.45, 2.75) is 78.1 Å². The van der Waals surface area contributed by atoms with Crippen molar-refractivity contribution in [1.82, 2.24) is 0 Å². The van der Waals surface area contributed by atoms with E-state index in [9.17, 15) is 0 Å². The summed E-state index contributed by atoms with van der Waals surface area (Å²) in [6, 6.07) is 0. The van der Waals surface area contributed by atoms with Crippen molar-refractivity contribution in [3.8, 4) is 0 Å². The molecule has 1 nitrogen and oxygen atoms in total. The van der Waals surface area contributed by atoms with Gasteiger partial charge in [-0.25, -0.2) is 0 Å². The van der Waals surface area contributed by atoms with Gasteiger partial charge in [-0.2, -0.15) is 0 Å². The zero-order valence-corrected chi connectivity index (χ0v) is 12.9. The predicted molar refractivity (Wildman–Crippen MR) is 72.1 cm³/mol. The highest BCUT2D eigenvalue weighted by Gasteiger charge is 2.67. The number of hydrogen-bond donors (Lipinski definition) is 0. The molecule has 2 saturated carbocycles. The molecule has 0 bridgehead atoms. The Kier molecular flexibility index (Phi) is 2.64. The maximum absolute atomic E-state index is 6.60. The van der Waals surface area contributed by atoms with Gasteiger partial charge in [-0.15, -0.1) is 0 Å². The summed E-state index contributed by atoms with van der Waals surface area (Å²) < 4.78 is 6.60. The van der Waals surface area contributed by atoms with Crippen molar-refractivity contribution in [2.75, 3.05) is 0 Å². The topological polar surface area (TPSA) is 9.23 Å². The van der Waals surface area contributed by atoms with E-state index in [0.717, 1.165) is 0 Å². The molecule has 0 spiro atoms. The van der Waals surface area contributed by atoms with E-state index in [1.54, 1.807) is 0 Å². The summed E-state index contributed by atoms with van der Waals surface area (Å²) in [4.78, 5) is 0. The highest BCUT2D eigenvalue weighted by Crippen LogP contribution is 2.68. The highest BCUT2D eigenvalue weighted by molar-refractivity contribution is 6.69. The van der Waals surface area contributed by atoms with Crippen LogP contribution in [0.25, 0.3) is 0 Å². The molecule has 0 heterocycles. The molecule has 2 aliphatic rings. The lowest BCUT2D eigenvalue weighted by Gasteiger charge is -2.34. The third kappa shape index (κ3) is 2.24. The van der Waals surface area contributed by atoms with E-state index in [-0.39, 0.29) is 5.60 Å². The van der Waals surface area contributed by atoms with Crippen LogP contribution in [0, 0.1) is 10.8 Å². The van der Waals surface area contributed by atoms with Crippen molar-refractivity contribution in [2.24, 2.45) is 10.8 Å². The van der Waals surface area contributed by atoms with Crippen molar-refractivity contribution in [1.29, 1.82) is 0 Å². The molecule has 0 unspecified atom stereocenters. The van der Waals surface area contributed by atoms with Gasteiger partial charge < -0.3 is 4.43 Å². The minimum Gasteiger partial charge on any atom is -0.412 e. The molecule has 94 valence electrons. The molecule has 0 aliphatic heterocycles. The Bertz CT molecular complexity index is 292. The van der Waals surface area contributed by atoms with Crippen LogP contribution in [0.5, 0.6) is 0 Å². The van der Waals surface area contributed by atoms with Gasteiger partial charge in [0.2, 0.25) is 0 Å². The van der Waals surface area contributed by atoms with Gasteiger partial charge in [-0.05, 0) is 56.2 Å². The Hall–Kier alpha value is 0.177. The predicted octanol–water partition coefficient (Wildman–Crippen LogP) is 4.59. The fourth-order valence-electron chi connectivity index (χ4n) is 3.78. The fourth-order valence-corrected chi connectivity index (χ4v) is 5.34. The first-order chi connectivity index (χ1) is 7.08. The largest absolute Gasteiger partial charge is 0.412 e. The van der Waals surface area contributed by atoms with Crippen LogP contribution in [0.15, 0.2) is 0 Å². The molecule has 2 fully saturated rings. The summed E-state index contributed by atoms with van der Waals surface area (Å²) >= 11 is 0. The summed E-state index contributed by atoms with van der Waals surface area (Å²) in [5, 5.41) is 0. The summed E-state index contributed by atoms with van der Waals surface area (Å²) in [5.41, 5.74) is 1.23. The molecule has 2 aliphatic carbocycles. The van der Waals surface area contributed by atoms with Crippen LogP contribution in [0.1, 0.15) is 52.9 Å². The van der Waals surface area contributed by atoms with E-state index in [2.05, 4.69) is 40.4 Å². The third-order valence-corrected chi connectivity index (χ3v) is 5.50. The quantitative estimate of drug-likeness (QED) is 0.642. The lowest BCUT2D eigenvalue weighted by Crippen LogP contribution is -2.38. The molecule has 0 aromatic heterocycles. The zero-order chi connectivity index (χ0) is 12.2. The maximum atomic E-state index is 6.60. The van der Waals surface area contributed by atoms with Gasteiger partial charge in [0.05, 0.1) is 5.60 Å². The second-order valence-electron chi connectivity index (χ2n) is 8.14. The second-order valence-corrected chi connectivity index (χ2v) is 12.6. The van der Waals surface area contributed by atoms with E-state index in [1.807, 2.05) is 0 Å². The average Bonchev–Trinajstić information content (AvgIpc) is 2.47. The fraction of sp³-hybridized carbons (Fsp3) is 1.00. The van der Waals surface area contributed by atoms with E-state index >= 15 is 0 Å². The van der Waals surface area contributed by atoms with Gasteiger partial charge in [0.15, 0.2) is 8.32 Å². The first-order valence-electron chi connectivity index (χ1n) is 6.78. The molecule has 0 saturated heterocycles. The van der Waals surface area contributed by atoms with Gasteiger partial charge >= 0.3 is 0 Å². The zero-order valence-electron chi connectivity index (χ0n) is 11.9. The van der Waals surface area contributed by atoms with E-state index in [0.29, 0.717) is 10.8 Å². The Balaban J connectivity index is 2.19. The van der Waals surface area contributed by atoms with Gasteiger partial charge in [0.1, 0.15) is 0 Å². The second kappa shape index (κ2) is 3.35. The summed E-state index contributed by atoms with van der Waals surface area (Å²) in [7, 11) is -1.41. The Labute approximate surface area is 102 Å². The summed E-state index contributed by atoms with van der Waals surface area (Å²) in [6.07, 6.45) is 6.73. The van der Waals surface area contributed by atoms with E-state index < -0.39 is 8.32 Å². The van der Waals surface area contributed by atoms with Crippen LogP contribution >= 0.6 is 0 Å². The van der Waals surface area contributed by atoms with Crippen LogP contribution < -0.4 is 0 Å². The van der Waals surface area contributed by atoms with Gasteiger partial charge in [-0.3, -0.25) is 0 Å². The first kappa shape index (κ1) is 12.6. The highest BCUT2D eigenvalue weighted by atomic mass is 28.4. The van der Waals surface area contributed by atoms with Crippen molar-refractivity contribution < 1.29 is 4.43 Å².